The number of hydrogen-bond donors (Lipinski definition) is 3. The number of hydrogen-bond acceptors (Lipinski definition) is 8. The zero-order valence-electron chi connectivity index (χ0n) is 21.4. The van der Waals surface area contributed by atoms with Crippen LogP contribution >= 0.6 is 11.6 Å². The molecule has 2 aromatic heterocycles. The van der Waals surface area contributed by atoms with Gasteiger partial charge in [0.05, 0.1) is 36.0 Å². The summed E-state index contributed by atoms with van der Waals surface area (Å²) < 4.78 is 64.7. The number of benzene rings is 1. The molecule has 2 atom stereocenters. The van der Waals surface area contributed by atoms with Crippen molar-refractivity contribution in [3.05, 3.63) is 39.8 Å². The number of fused-ring (bicyclic) bond motifs is 3. The number of alkyl halides is 4. The fourth-order valence-electron chi connectivity index (χ4n) is 5.37. The van der Waals surface area contributed by atoms with E-state index in [-0.39, 0.29) is 47.2 Å². The molecule has 0 unspecified atom stereocenters. The van der Waals surface area contributed by atoms with Gasteiger partial charge in [-0.25, -0.2) is 22.5 Å². The largest absolute Gasteiger partial charge is 0.480 e. The first-order valence-corrected chi connectivity index (χ1v) is 13.3. The number of pyridine rings is 1. The molecular weight excluding hydrogens is 556 g/mol. The highest BCUT2D eigenvalue weighted by atomic mass is 35.5. The first-order valence-electron chi connectivity index (χ1n) is 13.0. The third-order valence-corrected chi connectivity index (χ3v) is 8.14. The Morgan fingerprint density at radius 1 is 1.25 bits per heavy atom. The van der Waals surface area contributed by atoms with E-state index in [1.165, 1.54) is 17.8 Å². The average molecular weight is 583 g/mol. The van der Waals surface area contributed by atoms with Gasteiger partial charge in [-0.2, -0.15) is 4.98 Å². The number of ether oxygens (including phenoxy) is 1. The van der Waals surface area contributed by atoms with Gasteiger partial charge in [0.25, 0.3) is 11.5 Å². The molecule has 1 saturated carbocycles. The molecule has 0 bridgehead atoms. The molecule has 9 nitrogen and oxygen atoms in total. The first kappa shape index (κ1) is 26.9. The van der Waals surface area contributed by atoms with Crippen molar-refractivity contribution in [2.24, 2.45) is 18.9 Å². The number of nitrogens with zero attached hydrogens (tertiary/aromatic N) is 4. The lowest BCUT2D eigenvalue weighted by Gasteiger charge is -2.37. The molecule has 4 heterocycles. The third-order valence-electron chi connectivity index (χ3n) is 7.86. The lowest BCUT2D eigenvalue weighted by atomic mass is 9.94. The van der Waals surface area contributed by atoms with E-state index < -0.39 is 49.0 Å². The fourth-order valence-corrected chi connectivity index (χ4v) is 5.51. The minimum atomic E-state index is -3.16. The number of rotatable bonds is 5. The van der Waals surface area contributed by atoms with Gasteiger partial charge in [0, 0.05) is 37.6 Å². The van der Waals surface area contributed by atoms with E-state index in [4.69, 9.17) is 16.3 Å². The van der Waals surface area contributed by atoms with Gasteiger partial charge in [0.1, 0.15) is 5.02 Å². The van der Waals surface area contributed by atoms with Crippen molar-refractivity contribution in [3.8, 4) is 5.75 Å². The summed E-state index contributed by atoms with van der Waals surface area (Å²) in [6, 6.07) is 3.86. The lowest BCUT2D eigenvalue weighted by molar-refractivity contribution is -0.0881. The van der Waals surface area contributed by atoms with E-state index in [0.29, 0.717) is 29.4 Å². The SMILES string of the molecule is Cn1c(=O)c2c(c3cc(Nc4nc(N5CCC(F)(F)[C@H](CO)C5)ncc4Cl)ccc31)N[C@@H](C1CC1)C(F)(F)CO2. The van der Waals surface area contributed by atoms with Crippen LogP contribution in [0.5, 0.6) is 5.75 Å². The number of halogens is 5. The Bertz CT molecular complexity index is 1530. The summed E-state index contributed by atoms with van der Waals surface area (Å²) in [4.78, 5) is 23.2. The van der Waals surface area contributed by atoms with E-state index in [9.17, 15) is 27.5 Å². The molecule has 0 radical (unpaired) electrons. The van der Waals surface area contributed by atoms with Gasteiger partial charge in [-0.15, -0.1) is 0 Å². The van der Waals surface area contributed by atoms with Gasteiger partial charge in [0.2, 0.25) is 11.7 Å². The molecule has 2 aliphatic heterocycles. The molecule has 1 aromatic carbocycles. The van der Waals surface area contributed by atoms with Crippen LogP contribution in [0.3, 0.4) is 0 Å². The molecule has 1 saturated heterocycles. The fraction of sp³-hybridized carbons (Fsp3) is 0.500. The molecule has 3 N–H and O–H groups in total. The lowest BCUT2D eigenvalue weighted by Crippen LogP contribution is -2.49. The molecule has 1 aliphatic carbocycles. The monoisotopic (exact) mass is 582 g/mol. The molecule has 2 fully saturated rings. The van der Waals surface area contributed by atoms with Gasteiger partial charge >= 0.3 is 5.92 Å². The standard InChI is InChI=1S/C26H27ClF4N6O3/c1-36-18-5-4-15(8-16(18)19-20(23(36)39)40-12-26(30,31)21(34-19)13-2-3-13)33-22-17(27)9-32-24(35-22)37-7-6-25(28,29)14(10-37)11-38/h4-5,8-9,13-14,21,34,38H,2-3,6-7,10-12H2,1H3,(H,32,33,35)/t14-,21-/m0/s1. The number of aryl methyl sites for hydroxylation is 1. The minimum Gasteiger partial charge on any atom is -0.480 e. The summed E-state index contributed by atoms with van der Waals surface area (Å²) in [6.07, 6.45) is 2.24. The van der Waals surface area contributed by atoms with Crippen molar-refractivity contribution in [3.63, 3.8) is 0 Å². The van der Waals surface area contributed by atoms with Crippen LogP contribution in [0.2, 0.25) is 5.02 Å². The topological polar surface area (TPSA) is 105 Å². The van der Waals surface area contributed by atoms with Crippen LogP contribution in [0, 0.1) is 11.8 Å². The Balaban J connectivity index is 1.35. The maximum atomic E-state index is 14.9. The van der Waals surface area contributed by atoms with E-state index in [0.717, 1.165) is 0 Å². The van der Waals surface area contributed by atoms with Crippen molar-refractivity contribution < 1.29 is 27.4 Å². The molecule has 3 aliphatic rings. The van der Waals surface area contributed by atoms with Crippen molar-refractivity contribution in [2.75, 3.05) is 41.8 Å². The quantitative estimate of drug-likeness (QED) is 0.381. The van der Waals surface area contributed by atoms with Crippen LogP contribution in [0.25, 0.3) is 10.9 Å². The summed E-state index contributed by atoms with van der Waals surface area (Å²) in [5.74, 6) is -7.41. The molecule has 214 valence electrons. The normalized spacial score (nSPS) is 23.6. The summed E-state index contributed by atoms with van der Waals surface area (Å²) in [6.45, 7) is -1.69. The zero-order valence-corrected chi connectivity index (χ0v) is 22.2. The highest BCUT2D eigenvalue weighted by Gasteiger charge is 2.51. The Kier molecular flexibility index (Phi) is 6.49. The predicted molar refractivity (Wildman–Crippen MR) is 142 cm³/mol. The molecule has 0 spiro atoms. The van der Waals surface area contributed by atoms with Crippen LogP contribution < -0.4 is 25.8 Å². The van der Waals surface area contributed by atoms with Crippen LogP contribution in [0.1, 0.15) is 19.3 Å². The van der Waals surface area contributed by atoms with Crippen LogP contribution in [0.15, 0.2) is 29.2 Å². The van der Waals surface area contributed by atoms with Gasteiger partial charge in [-0.3, -0.25) is 4.79 Å². The van der Waals surface area contributed by atoms with Crippen LogP contribution in [-0.2, 0) is 7.05 Å². The van der Waals surface area contributed by atoms with E-state index >= 15 is 0 Å². The summed E-state index contributed by atoms with van der Waals surface area (Å²) in [5, 5.41) is 16.1. The third kappa shape index (κ3) is 4.68. The van der Waals surface area contributed by atoms with Crippen LogP contribution in [0.4, 0.5) is 40.7 Å². The Hall–Kier alpha value is -3.32. The van der Waals surface area contributed by atoms with Gasteiger partial charge in [-0.1, -0.05) is 11.6 Å². The molecule has 14 heteroatoms. The molecule has 6 rings (SSSR count). The van der Waals surface area contributed by atoms with Gasteiger partial charge in [-0.05, 0) is 37.0 Å². The summed E-state index contributed by atoms with van der Waals surface area (Å²) in [7, 11) is 1.54. The van der Waals surface area contributed by atoms with Gasteiger partial charge < -0.3 is 29.9 Å². The Labute approximate surface area is 231 Å². The number of aliphatic hydroxyl groups excluding tert-OH is 1. The number of aromatic nitrogens is 3. The first-order chi connectivity index (χ1) is 19.0. The number of nitrogens with one attached hydrogen (secondary N) is 2. The minimum absolute atomic E-state index is 0.000817. The number of piperidine rings is 1. The van der Waals surface area contributed by atoms with Crippen molar-refractivity contribution in [2.45, 2.75) is 37.1 Å². The van der Waals surface area contributed by atoms with E-state index in [2.05, 4.69) is 20.6 Å². The zero-order chi connectivity index (χ0) is 28.4. The second-order valence-electron chi connectivity index (χ2n) is 10.6. The Morgan fingerprint density at radius 3 is 2.75 bits per heavy atom. The predicted octanol–water partition coefficient (Wildman–Crippen LogP) is 4.40. The second kappa shape index (κ2) is 9.65. The highest BCUT2D eigenvalue weighted by molar-refractivity contribution is 6.33. The van der Waals surface area contributed by atoms with Crippen molar-refractivity contribution in [1.82, 2.24) is 14.5 Å². The number of aliphatic hydroxyl groups is 1. The molecule has 40 heavy (non-hydrogen) atoms. The van der Waals surface area contributed by atoms with E-state index in [1.807, 2.05) is 0 Å². The van der Waals surface area contributed by atoms with Crippen molar-refractivity contribution >= 4 is 45.6 Å². The summed E-state index contributed by atoms with van der Waals surface area (Å²) in [5.41, 5.74) is 0.664. The average Bonchev–Trinajstić information content (AvgIpc) is 3.76. The maximum Gasteiger partial charge on any atom is 0.301 e. The molecular formula is C26H27ClF4N6O3. The Morgan fingerprint density at radius 2 is 2.02 bits per heavy atom. The summed E-state index contributed by atoms with van der Waals surface area (Å²) >= 11 is 6.35. The van der Waals surface area contributed by atoms with E-state index in [1.54, 1.807) is 23.1 Å². The second-order valence-corrected chi connectivity index (χ2v) is 11.0. The highest BCUT2D eigenvalue weighted by Crippen LogP contribution is 2.45. The molecule has 3 aromatic rings. The molecule has 0 amide bonds. The van der Waals surface area contributed by atoms with Crippen LogP contribution in [-0.4, -0.2) is 63.8 Å². The smallest absolute Gasteiger partial charge is 0.301 e. The van der Waals surface area contributed by atoms with Gasteiger partial charge in [0.15, 0.2) is 12.4 Å². The van der Waals surface area contributed by atoms with Crippen molar-refractivity contribution in [1.29, 1.82) is 0 Å². The maximum absolute atomic E-state index is 14.9. The number of anilines is 4.